The van der Waals surface area contributed by atoms with Gasteiger partial charge in [0.25, 0.3) is 5.91 Å². The minimum absolute atomic E-state index is 0.0907. The van der Waals surface area contributed by atoms with Crippen molar-refractivity contribution < 1.29 is 24.2 Å². The first-order valence-electron chi connectivity index (χ1n) is 15.8. The van der Waals surface area contributed by atoms with Crippen LogP contribution in [0.1, 0.15) is 73.2 Å². The van der Waals surface area contributed by atoms with E-state index in [0.29, 0.717) is 24.6 Å². The van der Waals surface area contributed by atoms with Gasteiger partial charge in [-0.25, -0.2) is 4.79 Å². The van der Waals surface area contributed by atoms with Crippen molar-refractivity contribution in [3.63, 3.8) is 0 Å². The highest BCUT2D eigenvalue weighted by molar-refractivity contribution is 6.06. The Morgan fingerprint density at radius 2 is 1.77 bits per heavy atom. The van der Waals surface area contributed by atoms with Crippen LogP contribution in [-0.4, -0.2) is 77.9 Å². The Bertz CT molecular complexity index is 1500. The molecule has 1 saturated heterocycles. The number of fused-ring (bicyclic) bond motifs is 3. The zero-order valence-corrected chi connectivity index (χ0v) is 25.9. The van der Waals surface area contributed by atoms with E-state index in [2.05, 4.69) is 41.5 Å². The number of para-hydroxylation sites is 1. The molecule has 3 heterocycles. The fraction of sp³-hybridized carbons (Fsp3) is 0.500. The first-order valence-corrected chi connectivity index (χ1v) is 15.8. The number of anilines is 1. The number of carboxylic acid groups (broad SMARTS) is 1. The predicted octanol–water partition coefficient (Wildman–Crippen LogP) is 5.35. The number of morpholine rings is 1. The number of primary amides is 1. The summed E-state index contributed by atoms with van der Waals surface area (Å²) in [5.74, 6) is -0.275. The summed E-state index contributed by atoms with van der Waals surface area (Å²) in [6.45, 7) is 8.90. The lowest BCUT2D eigenvalue weighted by Crippen LogP contribution is -2.41. The van der Waals surface area contributed by atoms with Crippen molar-refractivity contribution in [2.24, 2.45) is 11.1 Å². The van der Waals surface area contributed by atoms with Crippen LogP contribution in [0, 0.1) is 5.41 Å². The number of hydrogen-bond donors (Lipinski definition) is 4. The molecule has 5 N–H and O–H groups in total. The maximum atomic E-state index is 13.1. The first kappa shape index (κ1) is 31.5. The normalized spacial score (nSPS) is 18.6. The molecule has 6 rings (SSSR count). The Morgan fingerprint density at radius 3 is 2.48 bits per heavy atom. The van der Waals surface area contributed by atoms with Crippen LogP contribution in [0.25, 0.3) is 22.0 Å². The molecule has 10 heteroatoms. The van der Waals surface area contributed by atoms with E-state index in [0.717, 1.165) is 85.5 Å². The fourth-order valence-electron chi connectivity index (χ4n) is 6.72. The van der Waals surface area contributed by atoms with E-state index in [1.807, 2.05) is 34.9 Å². The minimum atomic E-state index is -0.955. The van der Waals surface area contributed by atoms with Gasteiger partial charge >= 0.3 is 6.09 Å². The summed E-state index contributed by atoms with van der Waals surface area (Å²) in [6.07, 6.45) is 6.30. The van der Waals surface area contributed by atoms with E-state index < -0.39 is 12.0 Å². The van der Waals surface area contributed by atoms with E-state index in [-0.39, 0.29) is 11.3 Å². The van der Waals surface area contributed by atoms with E-state index in [9.17, 15) is 14.4 Å². The number of benzene rings is 2. The van der Waals surface area contributed by atoms with Crippen LogP contribution in [-0.2, 0) is 11.2 Å². The second kappa shape index (κ2) is 13.8. The van der Waals surface area contributed by atoms with Crippen molar-refractivity contribution in [2.75, 3.05) is 44.7 Å². The van der Waals surface area contributed by atoms with Crippen LogP contribution in [0.3, 0.4) is 0 Å². The number of ether oxygens (including phenoxy) is 1. The van der Waals surface area contributed by atoms with Gasteiger partial charge in [0.05, 0.1) is 24.3 Å². The predicted molar refractivity (Wildman–Crippen MR) is 172 cm³/mol. The third kappa shape index (κ3) is 7.42. The van der Waals surface area contributed by atoms with E-state index in [1.54, 1.807) is 0 Å². The average molecular weight is 604 g/mol. The van der Waals surface area contributed by atoms with Gasteiger partial charge in [0.15, 0.2) is 0 Å². The number of nitrogens with one attached hydrogen (secondary N) is 2. The number of nitrogens with two attached hydrogens (primary N) is 1. The smallest absolute Gasteiger partial charge is 0.404 e. The minimum Gasteiger partial charge on any atom is -0.465 e. The Hall–Kier alpha value is -3.89. The lowest BCUT2D eigenvalue weighted by atomic mass is 9.80. The zero-order valence-electron chi connectivity index (χ0n) is 25.9. The van der Waals surface area contributed by atoms with Crippen LogP contribution < -0.4 is 16.4 Å². The van der Waals surface area contributed by atoms with Gasteiger partial charge in [-0.05, 0) is 48.4 Å². The number of aromatic nitrogens is 1. The summed E-state index contributed by atoms with van der Waals surface area (Å²) < 4.78 is 7.06. The standard InChI is InChI=1S/C27H31N3O2.C7H14N2O3/c1-27(2)15-23-25(20-10-6-7-11-22(20)30(23)24(31)16-27)17-12-13-19(26(28)32)21(14-17)29-18-8-4-3-5-9-18;10-7(11)8-1-2-9-3-5-12-6-4-9/h6-7,10-14,18,29H,3-5,8-9,15-16H2,1-2H3,(H2,28,32);8H,1-6H2,(H,10,11). The van der Waals surface area contributed by atoms with Crippen molar-refractivity contribution in [3.05, 3.63) is 53.7 Å². The second-order valence-corrected chi connectivity index (χ2v) is 12.9. The molecule has 2 aliphatic heterocycles. The van der Waals surface area contributed by atoms with Gasteiger partial charge in [0.1, 0.15) is 0 Å². The second-order valence-electron chi connectivity index (χ2n) is 12.9. The number of nitrogens with zero attached hydrogens (tertiary/aromatic N) is 2. The molecule has 1 saturated carbocycles. The maximum absolute atomic E-state index is 13.1. The SMILES string of the molecule is CC1(C)CC(=O)n2c(c(-c3ccc(C(N)=O)c(NC4CCCCC4)c3)c3ccccc32)C1.O=C(O)NCCN1CCOCC1. The van der Waals surface area contributed by atoms with Crippen LogP contribution in [0.4, 0.5) is 10.5 Å². The summed E-state index contributed by atoms with van der Waals surface area (Å²) >= 11 is 0. The fourth-order valence-corrected chi connectivity index (χ4v) is 6.72. The van der Waals surface area contributed by atoms with Crippen LogP contribution in [0.2, 0.25) is 0 Å². The molecule has 0 spiro atoms. The van der Waals surface area contributed by atoms with Crippen molar-refractivity contribution in [1.29, 1.82) is 0 Å². The lowest BCUT2D eigenvalue weighted by molar-refractivity contribution is 0.0385. The topological polar surface area (TPSA) is 139 Å². The van der Waals surface area contributed by atoms with Gasteiger partial charge in [-0.2, -0.15) is 0 Å². The Balaban J connectivity index is 0.000000270. The summed E-state index contributed by atoms with van der Waals surface area (Å²) in [6, 6.07) is 14.3. The molecule has 3 aliphatic rings. The Morgan fingerprint density at radius 1 is 1.05 bits per heavy atom. The van der Waals surface area contributed by atoms with Gasteiger partial charge in [0, 0.05) is 61.0 Å². The molecular formula is C34H45N5O5. The largest absolute Gasteiger partial charge is 0.465 e. The Kier molecular flexibility index (Phi) is 9.90. The molecule has 2 fully saturated rings. The van der Waals surface area contributed by atoms with E-state index in [1.165, 1.54) is 19.3 Å². The van der Waals surface area contributed by atoms with Crippen molar-refractivity contribution in [3.8, 4) is 11.1 Å². The Labute approximate surface area is 258 Å². The van der Waals surface area contributed by atoms with Crippen LogP contribution in [0.5, 0.6) is 0 Å². The molecule has 2 amide bonds. The lowest BCUT2D eigenvalue weighted by Gasteiger charge is -2.30. The van der Waals surface area contributed by atoms with Gasteiger partial charge in [-0.1, -0.05) is 57.4 Å². The van der Waals surface area contributed by atoms with Crippen molar-refractivity contribution in [1.82, 2.24) is 14.8 Å². The molecule has 0 bridgehead atoms. The highest BCUT2D eigenvalue weighted by Crippen LogP contribution is 2.43. The number of hydrogen-bond acceptors (Lipinski definition) is 6. The summed E-state index contributed by atoms with van der Waals surface area (Å²) in [7, 11) is 0. The third-order valence-corrected chi connectivity index (χ3v) is 8.84. The van der Waals surface area contributed by atoms with Gasteiger partial charge in [-0.15, -0.1) is 0 Å². The quantitative estimate of drug-likeness (QED) is 0.286. The number of rotatable bonds is 7. The number of carbonyl (C=O) groups excluding carboxylic acids is 2. The molecule has 0 unspecified atom stereocenters. The summed E-state index contributed by atoms with van der Waals surface area (Å²) in [5, 5.41) is 15.3. The van der Waals surface area contributed by atoms with Crippen LogP contribution in [0.15, 0.2) is 42.5 Å². The molecular weight excluding hydrogens is 558 g/mol. The molecule has 10 nitrogen and oxygen atoms in total. The highest BCUT2D eigenvalue weighted by atomic mass is 16.5. The van der Waals surface area contributed by atoms with Gasteiger partial charge < -0.3 is 26.2 Å². The highest BCUT2D eigenvalue weighted by Gasteiger charge is 2.35. The maximum Gasteiger partial charge on any atom is 0.404 e. The summed E-state index contributed by atoms with van der Waals surface area (Å²) in [5.41, 5.74) is 11.1. The monoisotopic (exact) mass is 603 g/mol. The number of carbonyl (C=O) groups is 3. The molecule has 44 heavy (non-hydrogen) atoms. The van der Waals surface area contributed by atoms with E-state index >= 15 is 0 Å². The third-order valence-electron chi connectivity index (χ3n) is 8.84. The molecule has 0 atom stereocenters. The zero-order chi connectivity index (χ0) is 31.3. The van der Waals surface area contributed by atoms with Gasteiger partial charge in [0.2, 0.25) is 5.91 Å². The van der Waals surface area contributed by atoms with Crippen molar-refractivity contribution in [2.45, 2.75) is 64.8 Å². The van der Waals surface area contributed by atoms with Gasteiger partial charge in [-0.3, -0.25) is 19.1 Å². The molecule has 1 aliphatic carbocycles. The van der Waals surface area contributed by atoms with Crippen LogP contribution >= 0.6 is 0 Å². The van der Waals surface area contributed by atoms with E-state index in [4.69, 9.17) is 15.6 Å². The molecule has 236 valence electrons. The molecule has 1 aromatic heterocycles. The first-order chi connectivity index (χ1) is 21.1. The molecule has 0 radical (unpaired) electrons. The molecule has 2 aromatic carbocycles. The van der Waals surface area contributed by atoms with Crippen molar-refractivity contribution >= 4 is 34.5 Å². The number of amides is 2. The average Bonchev–Trinajstić information content (AvgIpc) is 3.31. The summed E-state index contributed by atoms with van der Waals surface area (Å²) in [4.78, 5) is 37.6. The molecule has 3 aromatic rings.